The Labute approximate surface area is 128 Å². The van der Waals surface area contributed by atoms with Crippen LogP contribution in [0.15, 0.2) is 28.7 Å². The summed E-state index contributed by atoms with van der Waals surface area (Å²) in [4.78, 5) is 12.5. The Balaban J connectivity index is 1.80. The molecule has 1 heterocycles. The molecule has 3 nitrogen and oxygen atoms in total. The Bertz CT molecular complexity index is 474. The van der Waals surface area contributed by atoms with E-state index in [0.29, 0.717) is 0 Å². The van der Waals surface area contributed by atoms with Crippen molar-refractivity contribution >= 4 is 21.8 Å². The Kier molecular flexibility index (Phi) is 4.13. The van der Waals surface area contributed by atoms with Gasteiger partial charge in [-0.3, -0.25) is 4.79 Å². The molecule has 1 unspecified atom stereocenters. The van der Waals surface area contributed by atoms with Gasteiger partial charge in [0.25, 0.3) is 0 Å². The van der Waals surface area contributed by atoms with Crippen LogP contribution in [0.3, 0.4) is 0 Å². The van der Waals surface area contributed by atoms with Gasteiger partial charge >= 0.3 is 0 Å². The molecule has 2 N–H and O–H groups in total. The van der Waals surface area contributed by atoms with Crippen molar-refractivity contribution in [3.8, 4) is 0 Å². The molecular formula is C16H21BrN2O. The van der Waals surface area contributed by atoms with Crippen molar-refractivity contribution < 1.29 is 4.79 Å². The summed E-state index contributed by atoms with van der Waals surface area (Å²) >= 11 is 3.48. The second-order valence-corrected chi connectivity index (χ2v) is 6.89. The first-order valence-electron chi connectivity index (χ1n) is 7.48. The number of carbonyl (C=O) groups is 1. The molecule has 1 aromatic carbocycles. The number of halogens is 1. The molecule has 1 atom stereocenters. The van der Waals surface area contributed by atoms with Gasteiger partial charge in [0, 0.05) is 11.0 Å². The third kappa shape index (κ3) is 2.77. The minimum absolute atomic E-state index is 0.139. The molecule has 1 aliphatic carbocycles. The average Bonchev–Trinajstić information content (AvgIpc) is 3.10. The van der Waals surface area contributed by atoms with Gasteiger partial charge in [-0.05, 0) is 43.5 Å². The zero-order valence-corrected chi connectivity index (χ0v) is 13.2. The lowest BCUT2D eigenvalue weighted by Gasteiger charge is -2.32. The maximum Gasteiger partial charge on any atom is 0.225 e. The van der Waals surface area contributed by atoms with Crippen LogP contribution in [0.2, 0.25) is 0 Å². The summed E-state index contributed by atoms with van der Waals surface area (Å²) < 4.78 is 1.08. The van der Waals surface area contributed by atoms with E-state index in [0.717, 1.165) is 36.8 Å². The fourth-order valence-corrected chi connectivity index (χ4v) is 3.71. The highest BCUT2D eigenvalue weighted by atomic mass is 79.9. The molecule has 0 spiro atoms. The molecule has 1 aliphatic heterocycles. The smallest absolute Gasteiger partial charge is 0.225 e. The highest BCUT2D eigenvalue weighted by Gasteiger charge is 2.38. The standard InChI is InChI=1S/C16H21BrN2O/c17-14-5-3-13(4-6-14)16(8-1-2-9-16)19-15(20)12-7-10-18-11-12/h3-6,12,18H,1-2,7-11H2,(H,19,20). The molecule has 1 aromatic rings. The predicted molar refractivity (Wildman–Crippen MR) is 83.4 cm³/mol. The first-order chi connectivity index (χ1) is 9.70. The van der Waals surface area contributed by atoms with Crippen LogP contribution in [-0.2, 0) is 10.3 Å². The third-order valence-electron chi connectivity index (χ3n) is 4.65. The lowest BCUT2D eigenvalue weighted by atomic mass is 9.87. The van der Waals surface area contributed by atoms with Crippen molar-refractivity contribution in [1.29, 1.82) is 0 Å². The van der Waals surface area contributed by atoms with E-state index < -0.39 is 0 Å². The van der Waals surface area contributed by atoms with Gasteiger partial charge in [-0.1, -0.05) is 40.9 Å². The molecule has 108 valence electrons. The van der Waals surface area contributed by atoms with Gasteiger partial charge in [0.15, 0.2) is 0 Å². The lowest BCUT2D eigenvalue weighted by Crippen LogP contribution is -2.46. The van der Waals surface area contributed by atoms with Gasteiger partial charge in [0.05, 0.1) is 11.5 Å². The number of carbonyl (C=O) groups excluding carboxylic acids is 1. The first kappa shape index (κ1) is 14.1. The zero-order chi connectivity index (χ0) is 14.0. The van der Waals surface area contributed by atoms with E-state index in [4.69, 9.17) is 0 Å². The normalized spacial score (nSPS) is 24.8. The van der Waals surface area contributed by atoms with Gasteiger partial charge in [-0.15, -0.1) is 0 Å². The zero-order valence-electron chi connectivity index (χ0n) is 11.6. The van der Waals surface area contributed by atoms with E-state index in [-0.39, 0.29) is 17.4 Å². The van der Waals surface area contributed by atoms with E-state index in [1.54, 1.807) is 0 Å². The topological polar surface area (TPSA) is 41.1 Å². The minimum Gasteiger partial charge on any atom is -0.346 e. The fraction of sp³-hybridized carbons (Fsp3) is 0.562. The summed E-state index contributed by atoms with van der Waals surface area (Å²) in [5, 5.41) is 6.65. The minimum atomic E-state index is -0.139. The van der Waals surface area contributed by atoms with Crippen LogP contribution >= 0.6 is 15.9 Å². The van der Waals surface area contributed by atoms with Gasteiger partial charge in [0.2, 0.25) is 5.91 Å². The number of hydrogen-bond acceptors (Lipinski definition) is 2. The number of benzene rings is 1. The molecule has 1 amide bonds. The SMILES string of the molecule is O=C(NC1(c2ccc(Br)cc2)CCCC1)C1CCNC1. The molecule has 20 heavy (non-hydrogen) atoms. The highest BCUT2D eigenvalue weighted by molar-refractivity contribution is 9.10. The molecule has 0 aromatic heterocycles. The molecule has 4 heteroatoms. The number of amides is 1. The molecular weight excluding hydrogens is 316 g/mol. The highest BCUT2D eigenvalue weighted by Crippen LogP contribution is 2.39. The lowest BCUT2D eigenvalue weighted by molar-refractivity contribution is -0.126. The van der Waals surface area contributed by atoms with Crippen LogP contribution in [0.4, 0.5) is 0 Å². The molecule has 2 aliphatic rings. The maximum absolute atomic E-state index is 12.5. The largest absolute Gasteiger partial charge is 0.346 e. The van der Waals surface area contributed by atoms with Gasteiger partial charge in [-0.2, -0.15) is 0 Å². The number of nitrogens with one attached hydrogen (secondary N) is 2. The Morgan fingerprint density at radius 1 is 1.25 bits per heavy atom. The van der Waals surface area contributed by atoms with Crippen LogP contribution in [-0.4, -0.2) is 19.0 Å². The molecule has 2 fully saturated rings. The first-order valence-corrected chi connectivity index (χ1v) is 8.28. The summed E-state index contributed by atoms with van der Waals surface area (Å²) in [6.07, 6.45) is 5.46. The van der Waals surface area contributed by atoms with Gasteiger partial charge in [0.1, 0.15) is 0 Å². The van der Waals surface area contributed by atoms with Gasteiger partial charge in [-0.25, -0.2) is 0 Å². The van der Waals surface area contributed by atoms with Crippen molar-refractivity contribution in [1.82, 2.24) is 10.6 Å². The van der Waals surface area contributed by atoms with Crippen LogP contribution < -0.4 is 10.6 Å². The summed E-state index contributed by atoms with van der Waals surface area (Å²) in [7, 11) is 0. The van der Waals surface area contributed by atoms with E-state index in [1.165, 1.54) is 18.4 Å². The molecule has 3 rings (SSSR count). The summed E-state index contributed by atoms with van der Waals surface area (Å²) in [5.74, 6) is 0.364. The molecule has 1 saturated carbocycles. The second kappa shape index (κ2) is 5.86. The maximum atomic E-state index is 12.5. The summed E-state index contributed by atoms with van der Waals surface area (Å²) in [5.41, 5.74) is 1.11. The fourth-order valence-electron chi connectivity index (χ4n) is 3.45. The van der Waals surface area contributed by atoms with E-state index in [1.807, 2.05) is 0 Å². The molecule has 0 bridgehead atoms. The summed E-state index contributed by atoms with van der Waals surface area (Å²) in [6, 6.07) is 8.42. The molecule has 1 saturated heterocycles. The Hall–Kier alpha value is -0.870. The van der Waals surface area contributed by atoms with Crippen molar-refractivity contribution in [2.75, 3.05) is 13.1 Å². The van der Waals surface area contributed by atoms with Crippen LogP contribution in [0.25, 0.3) is 0 Å². The van der Waals surface area contributed by atoms with Crippen LogP contribution in [0.1, 0.15) is 37.7 Å². The predicted octanol–water partition coefficient (Wildman–Crippen LogP) is 2.94. The average molecular weight is 337 g/mol. The second-order valence-electron chi connectivity index (χ2n) is 5.98. The van der Waals surface area contributed by atoms with Crippen molar-refractivity contribution in [3.05, 3.63) is 34.3 Å². The van der Waals surface area contributed by atoms with E-state index >= 15 is 0 Å². The Morgan fingerprint density at radius 2 is 1.95 bits per heavy atom. The molecule has 0 radical (unpaired) electrons. The number of hydrogen-bond donors (Lipinski definition) is 2. The van der Waals surface area contributed by atoms with E-state index in [9.17, 15) is 4.79 Å². The van der Waals surface area contributed by atoms with Crippen molar-refractivity contribution in [2.24, 2.45) is 5.92 Å². The van der Waals surface area contributed by atoms with Gasteiger partial charge < -0.3 is 10.6 Å². The van der Waals surface area contributed by atoms with E-state index in [2.05, 4.69) is 50.8 Å². The quantitative estimate of drug-likeness (QED) is 0.890. The van der Waals surface area contributed by atoms with Crippen LogP contribution in [0.5, 0.6) is 0 Å². The van der Waals surface area contributed by atoms with Crippen LogP contribution in [0, 0.1) is 5.92 Å². The number of rotatable bonds is 3. The van der Waals surface area contributed by atoms with Crippen molar-refractivity contribution in [3.63, 3.8) is 0 Å². The monoisotopic (exact) mass is 336 g/mol. The Morgan fingerprint density at radius 3 is 2.55 bits per heavy atom. The third-order valence-corrected chi connectivity index (χ3v) is 5.18. The van der Waals surface area contributed by atoms with Crippen molar-refractivity contribution in [2.45, 2.75) is 37.6 Å². The summed E-state index contributed by atoms with van der Waals surface area (Å²) in [6.45, 7) is 1.78.